The topological polar surface area (TPSA) is 128 Å². The van der Waals surface area contributed by atoms with Crippen LogP contribution in [0.5, 0.6) is 0 Å². The molecule has 2 aromatic heterocycles. The minimum Gasteiger partial charge on any atom is -0.383 e. The van der Waals surface area contributed by atoms with Gasteiger partial charge < -0.3 is 16.4 Å². The molecule has 0 radical (unpaired) electrons. The first-order chi connectivity index (χ1) is 14.5. The van der Waals surface area contributed by atoms with Gasteiger partial charge in [0.05, 0.1) is 11.6 Å². The van der Waals surface area contributed by atoms with E-state index in [0.29, 0.717) is 45.1 Å². The molecule has 0 bridgehead atoms. The van der Waals surface area contributed by atoms with Crippen LogP contribution in [0.4, 0.5) is 11.5 Å². The van der Waals surface area contributed by atoms with Crippen molar-refractivity contribution in [1.29, 1.82) is 0 Å². The minimum atomic E-state index is -0.319. The summed E-state index contributed by atoms with van der Waals surface area (Å²) in [6.07, 6.45) is 1.62. The van der Waals surface area contributed by atoms with Crippen LogP contribution in [-0.2, 0) is 7.05 Å². The van der Waals surface area contributed by atoms with Crippen molar-refractivity contribution >= 4 is 34.4 Å². The number of carbonyl (C=O) groups excluding carboxylic acids is 2. The van der Waals surface area contributed by atoms with Crippen molar-refractivity contribution in [1.82, 2.24) is 25.1 Å². The normalized spacial score (nSPS) is 10.7. The standard InChI is InChI=1S/C21H19N7O2/c1-23-20(29)14-7-4-8-15(10-14)25-21(30)13-6-3-5-12(9-13)18-26-17(22)16-11-24-28(2)19(16)27-18/h3-11H,1-2H3,(H,23,29)(H,25,30)(H2,22,26,27). The summed E-state index contributed by atoms with van der Waals surface area (Å²) in [5.41, 5.74) is 8.69. The summed E-state index contributed by atoms with van der Waals surface area (Å²) in [7, 11) is 3.33. The number of nitrogens with one attached hydrogen (secondary N) is 2. The molecule has 150 valence electrons. The summed E-state index contributed by atoms with van der Waals surface area (Å²) in [6, 6.07) is 13.6. The van der Waals surface area contributed by atoms with Gasteiger partial charge in [-0.25, -0.2) is 9.97 Å². The number of nitrogen functional groups attached to an aromatic ring is 1. The van der Waals surface area contributed by atoms with E-state index in [4.69, 9.17) is 5.73 Å². The fourth-order valence-corrected chi connectivity index (χ4v) is 3.06. The van der Waals surface area contributed by atoms with Gasteiger partial charge in [0, 0.05) is 36.5 Å². The Morgan fingerprint density at radius 1 is 1.00 bits per heavy atom. The molecule has 0 saturated heterocycles. The second kappa shape index (κ2) is 7.63. The quantitative estimate of drug-likeness (QED) is 0.481. The fourth-order valence-electron chi connectivity index (χ4n) is 3.06. The van der Waals surface area contributed by atoms with Crippen LogP contribution >= 0.6 is 0 Å². The van der Waals surface area contributed by atoms with Crippen molar-refractivity contribution in [3.8, 4) is 11.4 Å². The molecule has 4 aromatic rings. The Kier molecular flexibility index (Phi) is 4.85. The van der Waals surface area contributed by atoms with Crippen molar-refractivity contribution < 1.29 is 9.59 Å². The summed E-state index contributed by atoms with van der Waals surface area (Å²) in [6.45, 7) is 0. The molecule has 0 spiro atoms. The highest BCUT2D eigenvalue weighted by Gasteiger charge is 2.13. The van der Waals surface area contributed by atoms with Gasteiger partial charge >= 0.3 is 0 Å². The molecular formula is C21H19N7O2. The van der Waals surface area contributed by atoms with E-state index in [1.54, 1.807) is 73.5 Å². The third kappa shape index (κ3) is 3.55. The predicted octanol–water partition coefficient (Wildman–Crippen LogP) is 2.22. The van der Waals surface area contributed by atoms with Gasteiger partial charge in [-0.1, -0.05) is 18.2 Å². The van der Waals surface area contributed by atoms with Crippen molar-refractivity contribution in [3.63, 3.8) is 0 Å². The van der Waals surface area contributed by atoms with Crippen molar-refractivity contribution in [2.24, 2.45) is 7.05 Å². The molecule has 9 nitrogen and oxygen atoms in total. The van der Waals surface area contributed by atoms with E-state index in [-0.39, 0.29) is 11.8 Å². The average Bonchev–Trinajstić information content (AvgIpc) is 3.14. The maximum absolute atomic E-state index is 12.7. The van der Waals surface area contributed by atoms with Crippen LogP contribution in [-0.4, -0.2) is 38.6 Å². The first-order valence-electron chi connectivity index (χ1n) is 9.15. The van der Waals surface area contributed by atoms with E-state index < -0.39 is 0 Å². The largest absolute Gasteiger partial charge is 0.383 e. The molecule has 0 fully saturated rings. The van der Waals surface area contributed by atoms with Gasteiger partial charge in [-0.05, 0) is 30.3 Å². The Bertz CT molecular complexity index is 1280. The lowest BCUT2D eigenvalue weighted by Crippen LogP contribution is -2.18. The molecule has 4 rings (SSSR count). The lowest BCUT2D eigenvalue weighted by atomic mass is 10.1. The van der Waals surface area contributed by atoms with Crippen LogP contribution in [0.25, 0.3) is 22.4 Å². The van der Waals surface area contributed by atoms with E-state index in [1.807, 2.05) is 0 Å². The number of carbonyl (C=O) groups is 2. The van der Waals surface area contributed by atoms with Crippen LogP contribution in [0.1, 0.15) is 20.7 Å². The predicted molar refractivity (Wildman–Crippen MR) is 114 cm³/mol. The Balaban J connectivity index is 1.63. The number of nitrogens with two attached hydrogens (primary N) is 1. The van der Waals surface area contributed by atoms with E-state index in [9.17, 15) is 9.59 Å². The molecule has 4 N–H and O–H groups in total. The Morgan fingerprint density at radius 3 is 2.50 bits per heavy atom. The summed E-state index contributed by atoms with van der Waals surface area (Å²) in [5, 5.41) is 10.2. The zero-order chi connectivity index (χ0) is 21.3. The second-order valence-electron chi connectivity index (χ2n) is 6.63. The van der Waals surface area contributed by atoms with Gasteiger partial charge in [-0.2, -0.15) is 5.10 Å². The number of aryl methyl sites for hydroxylation is 1. The van der Waals surface area contributed by atoms with Crippen LogP contribution in [0.3, 0.4) is 0 Å². The highest BCUT2D eigenvalue weighted by molar-refractivity contribution is 6.05. The highest BCUT2D eigenvalue weighted by atomic mass is 16.2. The van der Waals surface area contributed by atoms with Crippen LogP contribution in [0.15, 0.2) is 54.7 Å². The fraction of sp³-hybridized carbons (Fsp3) is 0.0952. The average molecular weight is 401 g/mol. The minimum absolute atomic E-state index is 0.228. The van der Waals surface area contributed by atoms with Gasteiger partial charge in [0.1, 0.15) is 5.82 Å². The van der Waals surface area contributed by atoms with Crippen molar-refractivity contribution in [2.45, 2.75) is 0 Å². The monoisotopic (exact) mass is 401 g/mol. The number of anilines is 2. The van der Waals surface area contributed by atoms with Gasteiger partial charge in [0.2, 0.25) is 0 Å². The zero-order valence-electron chi connectivity index (χ0n) is 16.4. The molecule has 0 unspecified atom stereocenters. The third-order valence-corrected chi connectivity index (χ3v) is 4.61. The smallest absolute Gasteiger partial charge is 0.255 e. The highest BCUT2D eigenvalue weighted by Crippen LogP contribution is 2.23. The molecule has 2 amide bonds. The molecule has 0 saturated carbocycles. The molecule has 9 heteroatoms. The van der Waals surface area contributed by atoms with Crippen LogP contribution in [0.2, 0.25) is 0 Å². The van der Waals surface area contributed by atoms with Gasteiger partial charge in [0.25, 0.3) is 11.8 Å². The second-order valence-corrected chi connectivity index (χ2v) is 6.63. The number of hydrogen-bond acceptors (Lipinski definition) is 6. The maximum Gasteiger partial charge on any atom is 0.255 e. The van der Waals surface area contributed by atoms with Crippen molar-refractivity contribution in [3.05, 3.63) is 65.9 Å². The number of aromatic nitrogens is 4. The molecule has 0 aliphatic heterocycles. The molecule has 2 heterocycles. The van der Waals surface area contributed by atoms with Gasteiger partial charge in [-0.3, -0.25) is 14.3 Å². The van der Waals surface area contributed by atoms with E-state index in [0.717, 1.165) is 0 Å². The molecule has 0 aliphatic rings. The molecular weight excluding hydrogens is 382 g/mol. The first kappa shape index (κ1) is 19.1. The number of rotatable bonds is 4. The molecule has 0 aliphatic carbocycles. The number of fused-ring (bicyclic) bond motifs is 1. The van der Waals surface area contributed by atoms with Gasteiger partial charge in [0.15, 0.2) is 11.5 Å². The molecule has 30 heavy (non-hydrogen) atoms. The Hall–Kier alpha value is -4.27. The lowest BCUT2D eigenvalue weighted by molar-refractivity contribution is 0.0961. The SMILES string of the molecule is CNC(=O)c1cccc(NC(=O)c2cccc(-c3nc(N)c4cnn(C)c4n3)c2)c1. The van der Waals surface area contributed by atoms with E-state index >= 15 is 0 Å². The van der Waals surface area contributed by atoms with Crippen LogP contribution < -0.4 is 16.4 Å². The number of nitrogens with zero attached hydrogens (tertiary/aromatic N) is 4. The summed E-state index contributed by atoms with van der Waals surface area (Å²) in [4.78, 5) is 33.4. The zero-order valence-corrected chi connectivity index (χ0v) is 16.4. The van der Waals surface area contributed by atoms with E-state index in [1.165, 1.54) is 0 Å². The van der Waals surface area contributed by atoms with Crippen molar-refractivity contribution in [2.75, 3.05) is 18.1 Å². The van der Waals surface area contributed by atoms with E-state index in [2.05, 4.69) is 25.7 Å². The first-order valence-corrected chi connectivity index (χ1v) is 9.15. The number of benzene rings is 2. The molecule has 2 aromatic carbocycles. The molecule has 0 atom stereocenters. The summed E-state index contributed by atoms with van der Waals surface area (Å²) >= 11 is 0. The summed E-state index contributed by atoms with van der Waals surface area (Å²) in [5.74, 6) is 0.178. The number of hydrogen-bond donors (Lipinski definition) is 3. The Labute approximate surface area is 171 Å². The van der Waals surface area contributed by atoms with Gasteiger partial charge in [-0.15, -0.1) is 0 Å². The third-order valence-electron chi connectivity index (χ3n) is 4.61. The van der Waals surface area contributed by atoms with Crippen LogP contribution in [0, 0.1) is 0 Å². The maximum atomic E-state index is 12.7. The Morgan fingerprint density at radius 2 is 1.73 bits per heavy atom. The number of amides is 2. The summed E-state index contributed by atoms with van der Waals surface area (Å²) < 4.78 is 1.62. The lowest BCUT2D eigenvalue weighted by Gasteiger charge is -2.09.